The molecule has 5 amide bonds. The highest BCUT2D eigenvalue weighted by atomic mass is 16.6. The van der Waals surface area contributed by atoms with E-state index in [0.717, 1.165) is 37.7 Å². The highest BCUT2D eigenvalue weighted by Crippen LogP contribution is 2.29. The van der Waals surface area contributed by atoms with Crippen LogP contribution in [0.2, 0.25) is 0 Å². The number of aliphatic hydroxyl groups is 1. The minimum absolute atomic E-state index is 0.0238. The van der Waals surface area contributed by atoms with Crippen LogP contribution >= 0.6 is 0 Å². The van der Waals surface area contributed by atoms with Gasteiger partial charge in [-0.25, -0.2) is 19.8 Å². The normalized spacial score (nSPS) is 17.6. The van der Waals surface area contributed by atoms with Gasteiger partial charge < -0.3 is 30.4 Å². The molecule has 2 heterocycles. The summed E-state index contributed by atoms with van der Waals surface area (Å²) in [7, 11) is 1.52. The first-order chi connectivity index (χ1) is 26.7. The molecule has 1 saturated heterocycles. The van der Waals surface area contributed by atoms with Crippen molar-refractivity contribution in [2.24, 2.45) is 17.8 Å². The number of aromatic nitrogens is 2. The van der Waals surface area contributed by atoms with Crippen LogP contribution in [0.4, 0.5) is 4.79 Å². The summed E-state index contributed by atoms with van der Waals surface area (Å²) >= 11 is 0. The Balaban J connectivity index is 1.59. The number of hydrogen-bond donors (Lipinski definition) is 4. The number of nitrogens with one attached hydrogen (secondary N) is 3. The van der Waals surface area contributed by atoms with Crippen molar-refractivity contribution in [1.82, 2.24) is 35.5 Å². The average Bonchev–Trinajstić information content (AvgIpc) is 3.88. The monoisotopic (exact) mass is 779 g/mol. The van der Waals surface area contributed by atoms with Crippen molar-refractivity contribution in [3.05, 3.63) is 54.1 Å². The molecule has 0 bridgehead atoms. The quantitative estimate of drug-likeness (QED) is 0.158. The molecule has 56 heavy (non-hydrogen) atoms. The maximum absolute atomic E-state index is 14.6. The molecule has 5 atom stereocenters. The second kappa shape index (κ2) is 21.7. The highest BCUT2D eigenvalue weighted by molar-refractivity contribution is 5.91. The van der Waals surface area contributed by atoms with Gasteiger partial charge in [-0.1, -0.05) is 90.1 Å². The second-order valence-electron chi connectivity index (χ2n) is 16.5. The van der Waals surface area contributed by atoms with Crippen molar-refractivity contribution in [2.75, 3.05) is 20.1 Å². The van der Waals surface area contributed by atoms with Crippen LogP contribution in [0.5, 0.6) is 0 Å². The molecule has 1 saturated carbocycles. The van der Waals surface area contributed by atoms with Crippen LogP contribution < -0.4 is 10.6 Å². The van der Waals surface area contributed by atoms with E-state index in [4.69, 9.17) is 4.74 Å². The number of hydrazine groups is 1. The van der Waals surface area contributed by atoms with Gasteiger partial charge in [0.1, 0.15) is 12.1 Å². The first-order valence-electron chi connectivity index (χ1n) is 20.6. The summed E-state index contributed by atoms with van der Waals surface area (Å²) in [5.74, 6) is -0.928. The zero-order chi connectivity index (χ0) is 40.8. The summed E-state index contributed by atoms with van der Waals surface area (Å²) in [5, 5.41) is 19.8. The fourth-order valence-corrected chi connectivity index (χ4v) is 7.81. The van der Waals surface area contributed by atoms with Gasteiger partial charge in [0.2, 0.25) is 11.8 Å². The fraction of sp³-hybridized carbons (Fsp3) is 0.667. The summed E-state index contributed by atoms with van der Waals surface area (Å²) in [6.07, 6.45) is 8.71. The van der Waals surface area contributed by atoms with Crippen LogP contribution in [0.15, 0.2) is 42.9 Å². The second-order valence-corrected chi connectivity index (χ2v) is 16.5. The van der Waals surface area contributed by atoms with E-state index in [1.165, 1.54) is 41.6 Å². The molecular formula is C42H65N7O7. The van der Waals surface area contributed by atoms with Crippen molar-refractivity contribution in [2.45, 2.75) is 142 Å². The Bertz CT molecular complexity index is 1550. The van der Waals surface area contributed by atoms with E-state index in [0.29, 0.717) is 43.2 Å². The lowest BCUT2D eigenvalue weighted by Crippen LogP contribution is -2.57. The molecule has 1 aliphatic carbocycles. The first kappa shape index (κ1) is 44.3. The van der Waals surface area contributed by atoms with Crippen molar-refractivity contribution in [3.8, 4) is 0 Å². The molecule has 4 rings (SSSR count). The molecule has 0 spiro atoms. The first-order valence-corrected chi connectivity index (χ1v) is 20.6. The third kappa shape index (κ3) is 13.3. The molecule has 3 unspecified atom stereocenters. The average molecular weight is 780 g/mol. The lowest BCUT2D eigenvalue weighted by atomic mass is 9.83. The number of aliphatic hydroxyl groups excluding tert-OH is 1. The van der Waals surface area contributed by atoms with Crippen molar-refractivity contribution in [3.63, 3.8) is 0 Å². The number of carbonyl (C=O) groups is 5. The van der Waals surface area contributed by atoms with Gasteiger partial charge in [-0.15, -0.1) is 0 Å². The molecule has 14 nitrogen and oxygen atoms in total. The smallest absolute Gasteiger partial charge is 0.429 e. The van der Waals surface area contributed by atoms with Gasteiger partial charge in [-0.05, 0) is 55.4 Å². The van der Waals surface area contributed by atoms with Gasteiger partial charge in [-0.3, -0.25) is 19.2 Å². The molecule has 4 N–H and O–H groups in total. The fourth-order valence-electron chi connectivity index (χ4n) is 7.81. The standard InChI is InChI=1S/C42H65N7O7/c1-28(2)18-19-37(51)34(23-31-14-9-7-10-15-31)46-39(52)36(25-33-26-43-27-44-33)47(6)41(54)38(24-32-16-11-8-12-17-32)56-42(55)49-21-13-20-48(49)40(53)35(22-29(3)4)45-30(5)50/h8,11-12,16-17,26-29,31,34-38,51H,7,9-10,13-15,18-25H2,1-6H3,(H,43,44)(H,45,50)(H,46,52)/t34?,35-,36-,37?,38?/m0/s1. The van der Waals surface area contributed by atoms with E-state index >= 15 is 0 Å². The lowest BCUT2D eigenvalue weighted by Gasteiger charge is -2.35. The third-order valence-corrected chi connectivity index (χ3v) is 10.9. The number of hydrogen-bond acceptors (Lipinski definition) is 8. The van der Waals surface area contributed by atoms with E-state index < -0.39 is 54.1 Å². The Morgan fingerprint density at radius 1 is 0.929 bits per heavy atom. The Labute approximate surface area is 332 Å². The number of ether oxygens (including phenoxy) is 1. The molecule has 14 heteroatoms. The van der Waals surface area contributed by atoms with Crippen LogP contribution in [0.25, 0.3) is 0 Å². The topological polar surface area (TPSA) is 177 Å². The lowest BCUT2D eigenvalue weighted by molar-refractivity contribution is -0.150. The molecular weight excluding hydrogens is 715 g/mol. The molecule has 1 aromatic carbocycles. The number of rotatable bonds is 19. The molecule has 1 aliphatic heterocycles. The summed E-state index contributed by atoms with van der Waals surface area (Å²) in [6, 6.07) is 6.79. The minimum atomic E-state index is -1.35. The number of imidazole rings is 1. The van der Waals surface area contributed by atoms with Gasteiger partial charge >= 0.3 is 6.09 Å². The maximum Gasteiger partial charge on any atom is 0.429 e. The molecule has 2 aromatic rings. The Morgan fingerprint density at radius 2 is 1.62 bits per heavy atom. The SMILES string of the molecule is CC(=O)N[C@@H](CC(C)C)C(=O)N1CCCN1C(=O)OC(Cc1ccccc1)C(=O)N(C)[C@@H](Cc1cnc[nH]1)C(=O)NC(CC1CCCCC1)C(O)CCC(C)C. The predicted octanol–water partition coefficient (Wildman–Crippen LogP) is 4.78. The zero-order valence-corrected chi connectivity index (χ0v) is 34.2. The minimum Gasteiger partial charge on any atom is -0.434 e. The van der Waals surface area contributed by atoms with E-state index in [-0.39, 0.29) is 37.8 Å². The van der Waals surface area contributed by atoms with Gasteiger partial charge in [0.15, 0.2) is 6.10 Å². The van der Waals surface area contributed by atoms with Gasteiger partial charge in [0, 0.05) is 51.8 Å². The number of benzene rings is 1. The number of nitrogens with zero attached hydrogens (tertiary/aromatic N) is 4. The van der Waals surface area contributed by atoms with Gasteiger partial charge in [-0.2, -0.15) is 0 Å². The Kier molecular flexibility index (Phi) is 17.2. The maximum atomic E-state index is 14.6. The largest absolute Gasteiger partial charge is 0.434 e. The Hall–Kier alpha value is -4.46. The highest BCUT2D eigenvalue weighted by Gasteiger charge is 2.40. The molecule has 310 valence electrons. The predicted molar refractivity (Wildman–Crippen MR) is 213 cm³/mol. The number of likely N-dealkylation sites (N-methyl/N-ethyl adjacent to an activating group) is 1. The summed E-state index contributed by atoms with van der Waals surface area (Å²) in [6.45, 7) is 9.88. The van der Waals surface area contributed by atoms with Crippen LogP contribution in [0.3, 0.4) is 0 Å². The molecule has 2 fully saturated rings. The molecule has 1 aromatic heterocycles. The Morgan fingerprint density at radius 3 is 2.25 bits per heavy atom. The summed E-state index contributed by atoms with van der Waals surface area (Å²) in [4.78, 5) is 77.2. The molecule has 2 aliphatic rings. The van der Waals surface area contributed by atoms with E-state index in [2.05, 4.69) is 34.4 Å². The van der Waals surface area contributed by atoms with Crippen LogP contribution in [-0.4, -0.2) is 110 Å². The third-order valence-electron chi connectivity index (χ3n) is 10.9. The van der Waals surface area contributed by atoms with Crippen LogP contribution in [-0.2, 0) is 36.8 Å². The molecule has 0 radical (unpaired) electrons. The van der Waals surface area contributed by atoms with E-state index in [9.17, 15) is 29.1 Å². The van der Waals surface area contributed by atoms with Crippen molar-refractivity contribution < 1.29 is 33.8 Å². The van der Waals surface area contributed by atoms with Gasteiger partial charge in [0.25, 0.3) is 11.8 Å². The van der Waals surface area contributed by atoms with E-state index in [1.807, 2.05) is 44.2 Å². The number of carbonyl (C=O) groups excluding carboxylic acids is 5. The van der Waals surface area contributed by atoms with Gasteiger partial charge in [0.05, 0.1) is 18.5 Å². The number of amides is 5. The zero-order valence-electron chi connectivity index (χ0n) is 34.2. The van der Waals surface area contributed by atoms with Crippen molar-refractivity contribution >= 4 is 29.7 Å². The van der Waals surface area contributed by atoms with Crippen molar-refractivity contribution in [1.29, 1.82) is 0 Å². The number of aromatic amines is 1. The summed E-state index contributed by atoms with van der Waals surface area (Å²) < 4.78 is 6.01. The van der Waals surface area contributed by atoms with Crippen LogP contribution in [0.1, 0.15) is 110 Å². The summed E-state index contributed by atoms with van der Waals surface area (Å²) in [5.41, 5.74) is 1.37. The van der Waals surface area contributed by atoms with E-state index in [1.54, 1.807) is 6.20 Å². The number of H-pyrrole nitrogens is 1. The van der Waals surface area contributed by atoms with Crippen LogP contribution in [0, 0.1) is 17.8 Å².